The molecular formula is C23H23Cl2N3O3. The molecule has 3 rings (SSSR count). The Labute approximate surface area is 190 Å². The normalized spacial score (nSPS) is 11.9. The molecule has 0 radical (unpaired) electrons. The van der Waals surface area contributed by atoms with Gasteiger partial charge in [-0.1, -0.05) is 53.5 Å². The third-order valence-electron chi connectivity index (χ3n) is 5.31. The standard InChI is InChI=1S/C23H23Cl2N3O3/c1-13(26-21(29)20-17(24)6-5-7-18(20)25)12-15-8-10-16(11-9-15)19-14(2)27(3)23(31)28(4)22(19)30/h5-11,13H,12H2,1-4H3,(H,26,29). The first-order valence-corrected chi connectivity index (χ1v) is 10.5. The predicted octanol–water partition coefficient (Wildman–Crippen LogP) is 3.73. The van der Waals surface area contributed by atoms with Gasteiger partial charge in [0, 0.05) is 25.8 Å². The van der Waals surface area contributed by atoms with Gasteiger partial charge in [-0.15, -0.1) is 0 Å². The molecule has 0 aliphatic carbocycles. The molecule has 0 saturated heterocycles. The number of nitrogens with one attached hydrogen (secondary N) is 1. The maximum atomic E-state index is 12.6. The smallest absolute Gasteiger partial charge is 0.330 e. The summed E-state index contributed by atoms with van der Waals surface area (Å²) in [5, 5.41) is 3.52. The average Bonchev–Trinajstić information content (AvgIpc) is 2.72. The van der Waals surface area contributed by atoms with E-state index >= 15 is 0 Å². The second-order valence-electron chi connectivity index (χ2n) is 7.54. The molecule has 6 nitrogen and oxygen atoms in total. The number of halogens is 2. The van der Waals surface area contributed by atoms with Crippen molar-refractivity contribution in [1.82, 2.24) is 14.5 Å². The Morgan fingerprint density at radius 2 is 1.58 bits per heavy atom. The lowest BCUT2D eigenvalue weighted by molar-refractivity contribution is 0.0940. The molecule has 0 spiro atoms. The summed E-state index contributed by atoms with van der Waals surface area (Å²) in [4.78, 5) is 37.2. The molecule has 0 aliphatic rings. The first-order valence-electron chi connectivity index (χ1n) is 9.72. The second-order valence-corrected chi connectivity index (χ2v) is 8.35. The van der Waals surface area contributed by atoms with Crippen molar-refractivity contribution in [3.63, 3.8) is 0 Å². The number of benzene rings is 2. The van der Waals surface area contributed by atoms with Gasteiger partial charge < -0.3 is 9.88 Å². The first-order chi connectivity index (χ1) is 14.6. The molecule has 2 aromatic carbocycles. The van der Waals surface area contributed by atoms with E-state index in [0.717, 1.165) is 15.7 Å². The van der Waals surface area contributed by atoms with E-state index in [9.17, 15) is 14.4 Å². The van der Waals surface area contributed by atoms with Gasteiger partial charge in [-0.25, -0.2) is 4.79 Å². The van der Waals surface area contributed by atoms with Crippen molar-refractivity contribution < 1.29 is 4.79 Å². The van der Waals surface area contributed by atoms with E-state index in [1.54, 1.807) is 32.2 Å². The highest BCUT2D eigenvalue weighted by atomic mass is 35.5. The fourth-order valence-corrected chi connectivity index (χ4v) is 4.07. The van der Waals surface area contributed by atoms with Crippen LogP contribution in [0.25, 0.3) is 11.1 Å². The zero-order chi connectivity index (χ0) is 22.9. The second kappa shape index (κ2) is 9.12. The van der Waals surface area contributed by atoms with Crippen LogP contribution in [0, 0.1) is 6.92 Å². The van der Waals surface area contributed by atoms with Crippen LogP contribution < -0.4 is 16.6 Å². The average molecular weight is 460 g/mol. The maximum absolute atomic E-state index is 12.6. The third-order valence-corrected chi connectivity index (χ3v) is 5.94. The van der Waals surface area contributed by atoms with E-state index < -0.39 is 0 Å². The van der Waals surface area contributed by atoms with Gasteiger partial charge in [-0.3, -0.25) is 14.2 Å². The lowest BCUT2D eigenvalue weighted by Gasteiger charge is -2.16. The van der Waals surface area contributed by atoms with Crippen molar-refractivity contribution in [2.45, 2.75) is 26.3 Å². The zero-order valence-corrected chi connectivity index (χ0v) is 19.2. The highest BCUT2D eigenvalue weighted by Crippen LogP contribution is 2.24. The van der Waals surface area contributed by atoms with Crippen molar-refractivity contribution >= 4 is 29.1 Å². The van der Waals surface area contributed by atoms with Gasteiger partial charge in [0.1, 0.15) is 0 Å². The van der Waals surface area contributed by atoms with Crippen LogP contribution in [0.3, 0.4) is 0 Å². The van der Waals surface area contributed by atoms with Crippen molar-refractivity contribution in [1.29, 1.82) is 0 Å². The number of hydrogen-bond acceptors (Lipinski definition) is 3. The Hall–Kier alpha value is -2.83. The molecule has 1 unspecified atom stereocenters. The van der Waals surface area contributed by atoms with Gasteiger partial charge in [-0.2, -0.15) is 0 Å². The van der Waals surface area contributed by atoms with Crippen molar-refractivity contribution in [2.24, 2.45) is 14.1 Å². The Balaban J connectivity index is 1.78. The van der Waals surface area contributed by atoms with Gasteiger partial charge in [0.2, 0.25) is 0 Å². The summed E-state index contributed by atoms with van der Waals surface area (Å²) >= 11 is 12.2. The van der Waals surface area contributed by atoms with Crippen LogP contribution >= 0.6 is 23.2 Å². The van der Waals surface area contributed by atoms with Crippen LogP contribution in [0.15, 0.2) is 52.1 Å². The van der Waals surface area contributed by atoms with E-state index in [0.29, 0.717) is 27.7 Å². The molecule has 31 heavy (non-hydrogen) atoms. The monoisotopic (exact) mass is 459 g/mol. The molecule has 0 fully saturated rings. The third kappa shape index (κ3) is 4.60. The first kappa shape index (κ1) is 22.8. The Kier molecular flexibility index (Phi) is 6.72. The predicted molar refractivity (Wildman–Crippen MR) is 124 cm³/mol. The zero-order valence-electron chi connectivity index (χ0n) is 17.7. The highest BCUT2D eigenvalue weighted by Gasteiger charge is 2.17. The number of carbonyl (C=O) groups excluding carboxylic acids is 1. The van der Waals surface area contributed by atoms with Gasteiger partial charge in [0.25, 0.3) is 11.5 Å². The Bertz CT molecular complexity index is 1240. The minimum Gasteiger partial charge on any atom is -0.349 e. The fraction of sp³-hybridized carbons (Fsp3) is 0.261. The highest BCUT2D eigenvalue weighted by molar-refractivity contribution is 6.39. The number of carbonyl (C=O) groups is 1. The molecule has 0 saturated carbocycles. The van der Waals surface area contributed by atoms with E-state index in [2.05, 4.69) is 5.32 Å². The molecule has 1 N–H and O–H groups in total. The van der Waals surface area contributed by atoms with Crippen molar-refractivity contribution in [2.75, 3.05) is 0 Å². The maximum Gasteiger partial charge on any atom is 0.330 e. The van der Waals surface area contributed by atoms with Crippen LogP contribution in [-0.4, -0.2) is 21.1 Å². The van der Waals surface area contributed by atoms with Crippen LogP contribution in [0.5, 0.6) is 0 Å². The minimum absolute atomic E-state index is 0.169. The van der Waals surface area contributed by atoms with E-state index in [1.165, 1.54) is 11.6 Å². The summed E-state index contributed by atoms with van der Waals surface area (Å²) in [7, 11) is 3.11. The van der Waals surface area contributed by atoms with Crippen LogP contribution in [0.4, 0.5) is 0 Å². The van der Waals surface area contributed by atoms with E-state index in [1.807, 2.05) is 31.2 Å². The molecule has 162 valence electrons. The topological polar surface area (TPSA) is 73.1 Å². The van der Waals surface area contributed by atoms with Crippen LogP contribution in [0.1, 0.15) is 28.5 Å². The lowest BCUT2D eigenvalue weighted by Crippen LogP contribution is -2.39. The molecule has 8 heteroatoms. The molecular weight excluding hydrogens is 437 g/mol. The van der Waals surface area contributed by atoms with Gasteiger partial charge in [0.05, 0.1) is 21.2 Å². The molecule has 0 aliphatic heterocycles. The van der Waals surface area contributed by atoms with Gasteiger partial charge >= 0.3 is 5.69 Å². The summed E-state index contributed by atoms with van der Waals surface area (Å²) in [6.45, 7) is 3.65. The summed E-state index contributed by atoms with van der Waals surface area (Å²) in [5.41, 5.74) is 2.40. The van der Waals surface area contributed by atoms with Crippen molar-refractivity contribution in [3.05, 3.63) is 90.2 Å². The van der Waals surface area contributed by atoms with Crippen molar-refractivity contribution in [3.8, 4) is 11.1 Å². The quantitative estimate of drug-likeness (QED) is 0.631. The van der Waals surface area contributed by atoms with Gasteiger partial charge in [0.15, 0.2) is 0 Å². The number of hydrogen-bond donors (Lipinski definition) is 1. The minimum atomic E-state index is -0.356. The Morgan fingerprint density at radius 1 is 1.00 bits per heavy atom. The van der Waals surface area contributed by atoms with E-state index in [4.69, 9.17) is 23.2 Å². The molecule has 1 atom stereocenters. The van der Waals surface area contributed by atoms with Crippen LogP contribution in [-0.2, 0) is 20.5 Å². The lowest BCUT2D eigenvalue weighted by atomic mass is 10.0. The number of rotatable bonds is 5. The summed E-state index contributed by atoms with van der Waals surface area (Å²) < 4.78 is 2.57. The molecule has 0 bridgehead atoms. The van der Waals surface area contributed by atoms with Crippen LogP contribution in [0.2, 0.25) is 10.0 Å². The Morgan fingerprint density at radius 3 is 2.16 bits per heavy atom. The summed E-state index contributed by atoms with van der Waals surface area (Å²) in [5.74, 6) is -0.330. The SMILES string of the molecule is Cc1c(-c2ccc(CC(C)NC(=O)c3c(Cl)cccc3Cl)cc2)c(=O)n(C)c(=O)n1C. The molecule has 1 aromatic heterocycles. The van der Waals surface area contributed by atoms with Gasteiger partial charge in [-0.05, 0) is 43.5 Å². The molecule has 1 heterocycles. The number of amides is 1. The largest absolute Gasteiger partial charge is 0.349 e. The molecule has 3 aromatic rings. The fourth-order valence-electron chi connectivity index (χ4n) is 3.50. The molecule has 1 amide bonds. The summed E-state index contributed by atoms with van der Waals surface area (Å²) in [6.07, 6.45) is 0.582. The number of aromatic nitrogens is 2. The summed E-state index contributed by atoms with van der Waals surface area (Å²) in [6, 6.07) is 12.3. The van der Waals surface area contributed by atoms with E-state index in [-0.39, 0.29) is 28.8 Å². The number of nitrogens with zero attached hydrogens (tertiary/aromatic N) is 2.